The largest absolute Gasteiger partial charge is 0.505 e. The average Bonchev–Trinajstić information content (AvgIpc) is 2.51. The topological polar surface area (TPSA) is 20.2 Å². The van der Waals surface area contributed by atoms with Gasteiger partial charge in [0, 0.05) is 5.56 Å². The van der Waals surface area contributed by atoms with Crippen molar-refractivity contribution in [1.29, 1.82) is 0 Å². The third kappa shape index (κ3) is 3.41. The maximum absolute atomic E-state index is 13.8. The van der Waals surface area contributed by atoms with Gasteiger partial charge in [-0.15, -0.1) is 0 Å². The van der Waals surface area contributed by atoms with E-state index in [0.717, 1.165) is 6.42 Å². The van der Waals surface area contributed by atoms with E-state index >= 15 is 0 Å². The smallest absolute Gasteiger partial charge is 0.200 e. The minimum Gasteiger partial charge on any atom is -0.505 e. The van der Waals surface area contributed by atoms with Gasteiger partial charge in [0.05, 0.1) is 0 Å². The third-order valence-corrected chi connectivity index (χ3v) is 3.84. The Kier molecular flexibility index (Phi) is 4.94. The van der Waals surface area contributed by atoms with Crippen LogP contribution in [0.4, 0.5) is 8.78 Å². The van der Waals surface area contributed by atoms with Crippen molar-refractivity contribution in [3.63, 3.8) is 0 Å². The standard InChI is InChI=1S/C18H20F2O/c1-3-4-5-12(2)13-6-8-14(9-7-13)15-10-11-16(21)18(20)17(15)19/h6-12,21H,3-5H2,1-2H3. The highest BCUT2D eigenvalue weighted by Crippen LogP contribution is 2.30. The van der Waals surface area contributed by atoms with E-state index in [9.17, 15) is 8.78 Å². The van der Waals surface area contributed by atoms with Gasteiger partial charge in [-0.2, -0.15) is 4.39 Å². The molecule has 1 unspecified atom stereocenters. The molecule has 2 rings (SSSR count). The molecule has 0 saturated carbocycles. The SMILES string of the molecule is CCCCC(C)c1ccc(-c2ccc(O)c(F)c2F)cc1. The minimum atomic E-state index is -1.20. The number of phenols is 1. The number of unbranched alkanes of at least 4 members (excludes halogenated alkanes) is 1. The molecular weight excluding hydrogens is 270 g/mol. The summed E-state index contributed by atoms with van der Waals surface area (Å²) in [6.45, 7) is 4.34. The summed E-state index contributed by atoms with van der Waals surface area (Å²) < 4.78 is 27.2. The Morgan fingerprint density at radius 3 is 2.29 bits per heavy atom. The number of hydrogen-bond acceptors (Lipinski definition) is 1. The van der Waals surface area contributed by atoms with Gasteiger partial charge in [0.25, 0.3) is 0 Å². The zero-order valence-electron chi connectivity index (χ0n) is 12.4. The van der Waals surface area contributed by atoms with E-state index in [-0.39, 0.29) is 5.56 Å². The van der Waals surface area contributed by atoms with Crippen LogP contribution in [0, 0.1) is 11.6 Å². The van der Waals surface area contributed by atoms with E-state index in [1.807, 2.05) is 12.1 Å². The van der Waals surface area contributed by atoms with Crippen molar-refractivity contribution in [2.75, 3.05) is 0 Å². The van der Waals surface area contributed by atoms with Crippen molar-refractivity contribution in [3.05, 3.63) is 53.6 Å². The minimum absolute atomic E-state index is 0.165. The van der Waals surface area contributed by atoms with Crippen molar-refractivity contribution in [2.24, 2.45) is 0 Å². The molecule has 0 aliphatic carbocycles. The molecule has 112 valence electrons. The molecule has 0 saturated heterocycles. The summed E-state index contributed by atoms with van der Waals surface area (Å²) in [5.74, 6) is -2.42. The summed E-state index contributed by atoms with van der Waals surface area (Å²) in [7, 11) is 0. The van der Waals surface area contributed by atoms with Crippen LogP contribution < -0.4 is 0 Å². The fourth-order valence-corrected chi connectivity index (χ4v) is 2.43. The Balaban J connectivity index is 2.25. The van der Waals surface area contributed by atoms with Crippen LogP contribution >= 0.6 is 0 Å². The lowest BCUT2D eigenvalue weighted by atomic mass is 9.93. The second-order valence-electron chi connectivity index (χ2n) is 5.43. The number of benzene rings is 2. The van der Waals surface area contributed by atoms with Crippen molar-refractivity contribution in [1.82, 2.24) is 0 Å². The van der Waals surface area contributed by atoms with Gasteiger partial charge in [-0.3, -0.25) is 0 Å². The van der Waals surface area contributed by atoms with E-state index in [0.29, 0.717) is 11.5 Å². The van der Waals surface area contributed by atoms with Crippen LogP contribution in [-0.2, 0) is 0 Å². The molecular formula is C18H20F2O. The summed E-state index contributed by atoms with van der Waals surface area (Å²) in [5.41, 5.74) is 1.97. The van der Waals surface area contributed by atoms with Crippen LogP contribution in [0.1, 0.15) is 44.6 Å². The third-order valence-electron chi connectivity index (χ3n) is 3.84. The molecule has 0 bridgehead atoms. The molecule has 2 aromatic rings. The van der Waals surface area contributed by atoms with E-state index in [1.54, 1.807) is 12.1 Å². The molecule has 0 aliphatic heterocycles. The molecule has 0 aromatic heterocycles. The molecule has 0 radical (unpaired) electrons. The Morgan fingerprint density at radius 2 is 1.67 bits per heavy atom. The first kappa shape index (κ1) is 15.5. The second-order valence-corrected chi connectivity index (χ2v) is 5.43. The van der Waals surface area contributed by atoms with Crippen LogP contribution in [0.3, 0.4) is 0 Å². The van der Waals surface area contributed by atoms with E-state index in [2.05, 4.69) is 13.8 Å². The van der Waals surface area contributed by atoms with Gasteiger partial charge in [-0.1, -0.05) is 51.0 Å². The van der Waals surface area contributed by atoms with Gasteiger partial charge in [0.1, 0.15) is 0 Å². The zero-order valence-corrected chi connectivity index (χ0v) is 12.4. The summed E-state index contributed by atoms with van der Waals surface area (Å²) in [6.07, 6.45) is 3.47. The molecule has 0 amide bonds. The summed E-state index contributed by atoms with van der Waals surface area (Å²) >= 11 is 0. The number of aromatic hydroxyl groups is 1. The Hall–Kier alpha value is -1.90. The van der Waals surface area contributed by atoms with Crippen LogP contribution in [0.15, 0.2) is 36.4 Å². The van der Waals surface area contributed by atoms with Crippen molar-refractivity contribution >= 4 is 0 Å². The lowest BCUT2D eigenvalue weighted by molar-refractivity contribution is 0.408. The molecule has 2 aromatic carbocycles. The maximum Gasteiger partial charge on any atom is 0.200 e. The molecule has 0 spiro atoms. The van der Waals surface area contributed by atoms with Crippen LogP contribution in [-0.4, -0.2) is 5.11 Å². The zero-order chi connectivity index (χ0) is 15.4. The molecule has 3 heteroatoms. The van der Waals surface area contributed by atoms with Crippen molar-refractivity contribution in [3.8, 4) is 16.9 Å². The Labute approximate surface area is 124 Å². The van der Waals surface area contributed by atoms with Crippen LogP contribution in [0.5, 0.6) is 5.75 Å². The highest BCUT2D eigenvalue weighted by atomic mass is 19.2. The fourth-order valence-electron chi connectivity index (χ4n) is 2.43. The lowest BCUT2D eigenvalue weighted by Gasteiger charge is -2.12. The first-order valence-corrected chi connectivity index (χ1v) is 7.32. The first-order valence-electron chi connectivity index (χ1n) is 7.32. The highest BCUT2D eigenvalue weighted by Gasteiger charge is 2.14. The van der Waals surface area contributed by atoms with Crippen LogP contribution in [0.25, 0.3) is 11.1 Å². The Morgan fingerprint density at radius 1 is 1.00 bits per heavy atom. The predicted octanol–water partition coefficient (Wildman–Crippen LogP) is 5.63. The maximum atomic E-state index is 13.8. The summed E-state index contributed by atoms with van der Waals surface area (Å²) in [6, 6.07) is 10.1. The molecule has 1 atom stereocenters. The lowest BCUT2D eigenvalue weighted by Crippen LogP contribution is -1.94. The molecule has 21 heavy (non-hydrogen) atoms. The van der Waals surface area contributed by atoms with Gasteiger partial charge in [-0.25, -0.2) is 4.39 Å². The fraction of sp³-hybridized carbons (Fsp3) is 0.333. The summed E-state index contributed by atoms with van der Waals surface area (Å²) in [5, 5.41) is 9.16. The van der Waals surface area contributed by atoms with Gasteiger partial charge >= 0.3 is 0 Å². The molecule has 1 nitrogen and oxygen atoms in total. The Bertz CT molecular complexity index is 605. The average molecular weight is 290 g/mol. The normalized spacial score (nSPS) is 12.4. The number of halogens is 2. The highest BCUT2D eigenvalue weighted by molar-refractivity contribution is 5.65. The van der Waals surface area contributed by atoms with E-state index < -0.39 is 17.4 Å². The number of hydrogen-bond donors (Lipinski definition) is 1. The molecule has 1 N–H and O–H groups in total. The quantitative estimate of drug-likeness (QED) is 0.756. The molecule has 0 aliphatic rings. The predicted molar refractivity (Wildman–Crippen MR) is 81.4 cm³/mol. The molecule has 0 fully saturated rings. The van der Waals surface area contributed by atoms with Crippen LogP contribution in [0.2, 0.25) is 0 Å². The van der Waals surface area contributed by atoms with Crippen molar-refractivity contribution < 1.29 is 13.9 Å². The van der Waals surface area contributed by atoms with E-state index in [1.165, 1.54) is 30.5 Å². The van der Waals surface area contributed by atoms with Gasteiger partial charge in [0.2, 0.25) is 5.82 Å². The van der Waals surface area contributed by atoms with Gasteiger partial charge in [-0.05, 0) is 35.6 Å². The monoisotopic (exact) mass is 290 g/mol. The molecule has 0 heterocycles. The van der Waals surface area contributed by atoms with E-state index in [4.69, 9.17) is 5.11 Å². The van der Waals surface area contributed by atoms with Gasteiger partial charge in [0.15, 0.2) is 11.6 Å². The number of phenolic OH excluding ortho intramolecular Hbond substituents is 1. The second kappa shape index (κ2) is 6.70. The van der Waals surface area contributed by atoms with Gasteiger partial charge < -0.3 is 5.11 Å². The first-order chi connectivity index (χ1) is 10.0. The van der Waals surface area contributed by atoms with Crippen molar-refractivity contribution in [2.45, 2.75) is 39.0 Å². The number of rotatable bonds is 5. The summed E-state index contributed by atoms with van der Waals surface area (Å²) in [4.78, 5) is 0.